The van der Waals surface area contributed by atoms with Gasteiger partial charge in [0.15, 0.2) is 11.6 Å². The number of Topliss-reactive ketones (excluding diaryl/α,β-unsaturated/α-hetero) is 1. The second-order valence-corrected chi connectivity index (χ2v) is 7.63. The number of ether oxygens (including phenoxy) is 1. The first-order valence-electron chi connectivity index (χ1n) is 11.0. The molecule has 4 aromatic rings. The van der Waals surface area contributed by atoms with Gasteiger partial charge in [-0.3, -0.25) is 4.79 Å². The van der Waals surface area contributed by atoms with Crippen molar-refractivity contribution in [3.63, 3.8) is 0 Å². The summed E-state index contributed by atoms with van der Waals surface area (Å²) in [7, 11) is 0. The first-order valence-corrected chi connectivity index (χ1v) is 11.0. The Bertz CT molecular complexity index is 1440. The van der Waals surface area contributed by atoms with Crippen molar-refractivity contribution in [2.24, 2.45) is 0 Å². The molecule has 0 unspecified atom stereocenters. The smallest absolute Gasteiger partial charge is 0.342 e. The molecule has 0 radical (unpaired) electrons. The number of ketones is 1. The van der Waals surface area contributed by atoms with E-state index in [-0.39, 0.29) is 46.5 Å². The summed E-state index contributed by atoms with van der Waals surface area (Å²) >= 11 is 0. The molecule has 0 spiro atoms. The van der Waals surface area contributed by atoms with Crippen molar-refractivity contribution in [1.82, 2.24) is 10.2 Å². The van der Waals surface area contributed by atoms with E-state index in [1.54, 1.807) is 13.8 Å². The molecule has 0 amide bonds. The summed E-state index contributed by atoms with van der Waals surface area (Å²) in [5.41, 5.74) is 2.83. The van der Waals surface area contributed by atoms with Crippen molar-refractivity contribution in [3.05, 3.63) is 83.1 Å². The Balaban J connectivity index is 2.00. The van der Waals surface area contributed by atoms with Gasteiger partial charge in [-0.25, -0.2) is 4.79 Å². The topological polar surface area (TPSA) is 118 Å². The fraction of sp³-hybridized carbons (Fsp3) is 0.148. The number of nitrogens with one attached hydrogen (secondary N) is 1. The molecule has 0 aliphatic heterocycles. The van der Waals surface area contributed by atoms with E-state index in [0.29, 0.717) is 11.3 Å². The Hall–Kier alpha value is -4.77. The summed E-state index contributed by atoms with van der Waals surface area (Å²) in [6.07, 6.45) is 0. The third kappa shape index (κ3) is 4.52. The highest BCUT2D eigenvalue weighted by Crippen LogP contribution is 2.38. The summed E-state index contributed by atoms with van der Waals surface area (Å²) in [6, 6.07) is 20.7. The van der Waals surface area contributed by atoms with E-state index in [0.717, 1.165) is 11.1 Å². The number of aryl methyl sites for hydroxylation is 1. The maximum atomic E-state index is 13.3. The van der Waals surface area contributed by atoms with Crippen LogP contribution in [0.4, 0.5) is 11.7 Å². The van der Waals surface area contributed by atoms with Crippen LogP contribution < -0.4 is 5.32 Å². The maximum Gasteiger partial charge on any atom is 0.342 e. The lowest BCUT2D eigenvalue weighted by Gasteiger charge is -2.17. The van der Waals surface area contributed by atoms with Crippen LogP contribution in [0.3, 0.4) is 0 Å². The van der Waals surface area contributed by atoms with E-state index < -0.39 is 5.97 Å². The van der Waals surface area contributed by atoms with Crippen LogP contribution in [0.25, 0.3) is 22.4 Å². The van der Waals surface area contributed by atoms with Crippen LogP contribution in [0.15, 0.2) is 65.1 Å². The van der Waals surface area contributed by atoms with E-state index in [4.69, 9.17) is 9.15 Å². The van der Waals surface area contributed by atoms with Crippen LogP contribution >= 0.6 is 0 Å². The summed E-state index contributed by atoms with van der Waals surface area (Å²) in [6.45, 7) is 4.80. The predicted molar refractivity (Wildman–Crippen MR) is 130 cm³/mol. The van der Waals surface area contributed by atoms with Crippen molar-refractivity contribution in [1.29, 1.82) is 5.26 Å². The van der Waals surface area contributed by atoms with Crippen LogP contribution in [0.1, 0.15) is 45.9 Å². The van der Waals surface area contributed by atoms with Gasteiger partial charge in [0.2, 0.25) is 5.88 Å². The number of nitriles is 1. The summed E-state index contributed by atoms with van der Waals surface area (Å²) in [5, 5.41) is 21.3. The van der Waals surface area contributed by atoms with Gasteiger partial charge in [0.25, 0.3) is 0 Å². The molecule has 0 saturated carbocycles. The Morgan fingerprint density at radius 3 is 2.20 bits per heavy atom. The van der Waals surface area contributed by atoms with Crippen molar-refractivity contribution < 1.29 is 18.7 Å². The molecule has 2 aromatic heterocycles. The molecule has 0 bridgehead atoms. The largest absolute Gasteiger partial charge is 0.462 e. The van der Waals surface area contributed by atoms with E-state index in [1.807, 2.05) is 66.7 Å². The van der Waals surface area contributed by atoms with Crippen LogP contribution in [-0.4, -0.2) is 28.6 Å². The van der Waals surface area contributed by atoms with Gasteiger partial charge >= 0.3 is 5.97 Å². The molecule has 0 fully saturated rings. The molecule has 8 nitrogen and oxygen atoms in total. The molecule has 0 atom stereocenters. The Morgan fingerprint density at radius 1 is 1.00 bits per heavy atom. The van der Waals surface area contributed by atoms with E-state index in [1.165, 1.54) is 6.92 Å². The lowest BCUT2D eigenvalue weighted by atomic mass is 9.95. The van der Waals surface area contributed by atoms with E-state index >= 15 is 0 Å². The number of carbonyl (C=O) groups is 2. The lowest BCUT2D eigenvalue weighted by molar-refractivity contribution is 0.0527. The number of nitrogens with zero attached hydrogens (tertiary/aromatic N) is 3. The summed E-state index contributed by atoms with van der Waals surface area (Å²) in [5.74, 6) is -0.596. The van der Waals surface area contributed by atoms with Gasteiger partial charge in [0, 0.05) is 11.1 Å². The molecule has 0 aliphatic rings. The van der Waals surface area contributed by atoms with Crippen LogP contribution in [0.5, 0.6) is 0 Å². The number of furan rings is 1. The van der Waals surface area contributed by atoms with Crippen molar-refractivity contribution in [3.8, 4) is 28.5 Å². The summed E-state index contributed by atoms with van der Waals surface area (Å²) in [4.78, 5) is 25.4. The number of hydrogen-bond donors (Lipinski definition) is 1. The predicted octanol–water partition coefficient (Wildman–Crippen LogP) is 5.71. The van der Waals surface area contributed by atoms with Gasteiger partial charge in [-0.1, -0.05) is 60.7 Å². The highest BCUT2D eigenvalue weighted by molar-refractivity contribution is 6.06. The number of aromatic nitrogens is 2. The molecular weight excluding hydrogens is 444 g/mol. The van der Waals surface area contributed by atoms with Crippen LogP contribution in [0.2, 0.25) is 0 Å². The fourth-order valence-corrected chi connectivity index (χ4v) is 3.88. The van der Waals surface area contributed by atoms with E-state index in [2.05, 4.69) is 15.5 Å². The van der Waals surface area contributed by atoms with Gasteiger partial charge in [0.05, 0.1) is 12.2 Å². The third-order valence-electron chi connectivity index (χ3n) is 5.34. The molecule has 35 heavy (non-hydrogen) atoms. The molecular formula is C27H22N4O4. The first-order chi connectivity index (χ1) is 17.0. The zero-order chi connectivity index (χ0) is 24.9. The number of anilines is 2. The SMILES string of the molecule is CCOC(=O)c1c(Nc2oc(C)c(C(C)=O)c2C#N)nnc(-c2ccccc2)c1-c1ccccc1. The van der Waals surface area contributed by atoms with Gasteiger partial charge in [0.1, 0.15) is 28.7 Å². The quantitative estimate of drug-likeness (QED) is 0.272. The number of hydrogen-bond acceptors (Lipinski definition) is 8. The Kier molecular flexibility index (Phi) is 6.69. The highest BCUT2D eigenvalue weighted by atomic mass is 16.5. The zero-order valence-electron chi connectivity index (χ0n) is 19.5. The second kappa shape index (κ2) is 10.0. The Labute approximate surface area is 202 Å². The number of esters is 1. The highest BCUT2D eigenvalue weighted by Gasteiger charge is 2.28. The molecule has 4 rings (SSSR count). The van der Waals surface area contributed by atoms with Gasteiger partial charge in [-0.15, -0.1) is 10.2 Å². The molecule has 0 saturated heterocycles. The monoisotopic (exact) mass is 466 g/mol. The molecule has 174 valence electrons. The van der Waals surface area contributed by atoms with Crippen molar-refractivity contribution in [2.75, 3.05) is 11.9 Å². The van der Waals surface area contributed by atoms with Crippen molar-refractivity contribution >= 4 is 23.5 Å². The third-order valence-corrected chi connectivity index (χ3v) is 5.34. The fourth-order valence-electron chi connectivity index (χ4n) is 3.88. The minimum atomic E-state index is -0.616. The molecule has 2 aromatic carbocycles. The minimum Gasteiger partial charge on any atom is -0.462 e. The molecule has 1 N–H and O–H groups in total. The average molecular weight is 466 g/mol. The maximum absolute atomic E-state index is 13.3. The molecule has 2 heterocycles. The second-order valence-electron chi connectivity index (χ2n) is 7.63. The average Bonchev–Trinajstić information content (AvgIpc) is 3.19. The molecule has 0 aliphatic carbocycles. The van der Waals surface area contributed by atoms with E-state index in [9.17, 15) is 14.9 Å². The van der Waals surface area contributed by atoms with Crippen LogP contribution in [-0.2, 0) is 4.74 Å². The standard InChI is InChI=1S/C27H22N4O4/c1-4-34-27(33)23-22(18-11-7-5-8-12-18)24(19-13-9-6-10-14-19)30-31-25(23)29-26-20(15-28)21(16(2)32)17(3)35-26/h5-14H,4H2,1-3H3,(H,29,31). The van der Waals surface area contributed by atoms with Crippen LogP contribution in [0, 0.1) is 18.3 Å². The van der Waals surface area contributed by atoms with Crippen molar-refractivity contribution in [2.45, 2.75) is 20.8 Å². The number of rotatable bonds is 7. The molecule has 8 heteroatoms. The number of benzene rings is 2. The Morgan fingerprint density at radius 2 is 1.63 bits per heavy atom. The van der Waals surface area contributed by atoms with Gasteiger partial charge < -0.3 is 14.5 Å². The number of carbonyl (C=O) groups excluding carboxylic acids is 2. The zero-order valence-corrected chi connectivity index (χ0v) is 19.5. The normalized spacial score (nSPS) is 10.5. The summed E-state index contributed by atoms with van der Waals surface area (Å²) < 4.78 is 11.1. The van der Waals surface area contributed by atoms with Gasteiger partial charge in [-0.05, 0) is 26.3 Å². The minimum absolute atomic E-state index is 0.00141. The lowest BCUT2D eigenvalue weighted by Crippen LogP contribution is -2.14. The first kappa shape index (κ1) is 23.4. The van der Waals surface area contributed by atoms with Gasteiger partial charge in [-0.2, -0.15) is 5.26 Å².